The first kappa shape index (κ1) is 31.6. The monoisotopic (exact) mass is 716 g/mol. The molecule has 2 heterocycles. The molecule has 9 aromatic carbocycles. The van der Waals surface area contributed by atoms with E-state index in [1.54, 1.807) is 0 Å². The van der Waals surface area contributed by atoms with Gasteiger partial charge in [-0.25, -0.2) is 9.97 Å². The maximum absolute atomic E-state index is 5.59. The number of thiophene rings is 1. The van der Waals surface area contributed by atoms with Gasteiger partial charge in [-0.1, -0.05) is 170 Å². The molecule has 0 aliphatic rings. The zero-order chi connectivity index (χ0) is 36.3. The lowest BCUT2D eigenvalue weighted by Gasteiger charge is -2.17. The fraction of sp³-hybridized carbons (Fsp3) is 0. The van der Waals surface area contributed by atoms with Gasteiger partial charge in [-0.15, -0.1) is 11.3 Å². The summed E-state index contributed by atoms with van der Waals surface area (Å²) in [6.45, 7) is 0. The Labute approximate surface area is 322 Å². The summed E-state index contributed by atoms with van der Waals surface area (Å²) in [5.74, 6) is 0.710. The molecule has 0 aliphatic heterocycles. The van der Waals surface area contributed by atoms with Crippen molar-refractivity contribution in [2.24, 2.45) is 0 Å². The van der Waals surface area contributed by atoms with Gasteiger partial charge in [-0.05, 0) is 78.8 Å². The molecule has 11 rings (SSSR count). The Kier molecular flexibility index (Phi) is 7.39. The van der Waals surface area contributed by atoms with E-state index in [0.29, 0.717) is 5.82 Å². The summed E-state index contributed by atoms with van der Waals surface area (Å²) in [7, 11) is 0. The van der Waals surface area contributed by atoms with Gasteiger partial charge in [0.05, 0.1) is 11.4 Å². The van der Waals surface area contributed by atoms with E-state index < -0.39 is 0 Å². The summed E-state index contributed by atoms with van der Waals surface area (Å²) < 4.78 is 2.57. The van der Waals surface area contributed by atoms with Crippen molar-refractivity contribution in [3.63, 3.8) is 0 Å². The molecule has 0 atom stereocenters. The summed E-state index contributed by atoms with van der Waals surface area (Å²) >= 11 is 1.85. The molecule has 0 bridgehead atoms. The van der Waals surface area contributed by atoms with Gasteiger partial charge in [0.15, 0.2) is 5.82 Å². The van der Waals surface area contributed by atoms with Crippen LogP contribution in [0.15, 0.2) is 194 Å². The number of benzene rings is 9. The van der Waals surface area contributed by atoms with Crippen LogP contribution in [0.4, 0.5) is 0 Å². The van der Waals surface area contributed by atoms with Gasteiger partial charge in [0.1, 0.15) is 0 Å². The van der Waals surface area contributed by atoms with E-state index in [1.165, 1.54) is 41.9 Å². The molecule has 0 saturated carbocycles. The van der Waals surface area contributed by atoms with Gasteiger partial charge in [-0.2, -0.15) is 0 Å². The molecule has 3 heteroatoms. The zero-order valence-corrected chi connectivity index (χ0v) is 30.6. The first-order valence-electron chi connectivity index (χ1n) is 18.7. The minimum atomic E-state index is 0.710. The van der Waals surface area contributed by atoms with Crippen molar-refractivity contribution in [2.75, 3.05) is 0 Å². The highest BCUT2D eigenvalue weighted by Crippen LogP contribution is 2.45. The Morgan fingerprint density at radius 3 is 1.71 bits per heavy atom. The maximum atomic E-state index is 5.59. The highest BCUT2D eigenvalue weighted by molar-refractivity contribution is 7.25. The van der Waals surface area contributed by atoms with E-state index in [4.69, 9.17) is 9.97 Å². The first-order valence-corrected chi connectivity index (χ1v) is 19.5. The lowest BCUT2D eigenvalue weighted by Crippen LogP contribution is -1.99. The number of fused-ring (bicyclic) bond motifs is 7. The Morgan fingerprint density at radius 1 is 0.327 bits per heavy atom. The van der Waals surface area contributed by atoms with Crippen molar-refractivity contribution in [3.05, 3.63) is 194 Å². The third-order valence-electron chi connectivity index (χ3n) is 10.9. The molecule has 256 valence electrons. The second-order valence-corrected chi connectivity index (χ2v) is 15.1. The standard InChI is InChI=1S/C52H32N2S/c1-2-15-33(16-3-1)36-19-8-10-23-40(36)46-32-47(41-24-11-9-22-39(41)42-26-14-28-49-50(42)44-25-12-13-27-48(44)55-49)54-52(53-46)51-38-21-7-5-18-35(38)31-45-37-20-6-4-17-34(37)29-30-43(45)51/h1-32H. The van der Waals surface area contributed by atoms with Crippen molar-refractivity contribution in [3.8, 4) is 56.2 Å². The van der Waals surface area contributed by atoms with Crippen LogP contribution >= 0.6 is 11.3 Å². The molecular formula is C52H32N2S. The van der Waals surface area contributed by atoms with Crippen LogP contribution in [-0.2, 0) is 0 Å². The predicted octanol–water partition coefficient (Wildman–Crippen LogP) is 14.6. The molecule has 0 saturated heterocycles. The van der Waals surface area contributed by atoms with Crippen molar-refractivity contribution < 1.29 is 0 Å². The van der Waals surface area contributed by atoms with Gasteiger partial charge in [0, 0.05) is 36.9 Å². The van der Waals surface area contributed by atoms with E-state index in [-0.39, 0.29) is 0 Å². The second-order valence-electron chi connectivity index (χ2n) is 14.1. The third kappa shape index (κ3) is 5.24. The van der Waals surface area contributed by atoms with Crippen molar-refractivity contribution in [1.29, 1.82) is 0 Å². The average molecular weight is 717 g/mol. The van der Waals surface area contributed by atoms with Crippen molar-refractivity contribution >= 4 is 63.8 Å². The van der Waals surface area contributed by atoms with Gasteiger partial charge in [0.2, 0.25) is 0 Å². The maximum Gasteiger partial charge on any atom is 0.161 e. The van der Waals surface area contributed by atoms with Crippen LogP contribution in [-0.4, -0.2) is 9.97 Å². The molecule has 55 heavy (non-hydrogen) atoms. The fourth-order valence-corrected chi connectivity index (χ4v) is 9.54. The highest BCUT2D eigenvalue weighted by atomic mass is 32.1. The van der Waals surface area contributed by atoms with Crippen LogP contribution in [0.5, 0.6) is 0 Å². The third-order valence-corrected chi connectivity index (χ3v) is 12.0. The van der Waals surface area contributed by atoms with Crippen molar-refractivity contribution in [2.45, 2.75) is 0 Å². The van der Waals surface area contributed by atoms with Crippen LogP contribution < -0.4 is 0 Å². The zero-order valence-electron chi connectivity index (χ0n) is 29.8. The Bertz CT molecular complexity index is 3270. The highest BCUT2D eigenvalue weighted by Gasteiger charge is 2.21. The lowest BCUT2D eigenvalue weighted by molar-refractivity contribution is 1.19. The number of hydrogen-bond acceptors (Lipinski definition) is 3. The minimum Gasteiger partial charge on any atom is -0.228 e. The molecule has 0 aliphatic carbocycles. The molecule has 0 radical (unpaired) electrons. The van der Waals surface area contributed by atoms with E-state index in [0.717, 1.165) is 60.9 Å². The summed E-state index contributed by atoms with van der Waals surface area (Å²) in [6.07, 6.45) is 0. The van der Waals surface area contributed by atoms with Crippen LogP contribution in [0.1, 0.15) is 0 Å². The Hall–Kier alpha value is -6.94. The summed E-state index contributed by atoms with van der Waals surface area (Å²) in [5.41, 5.74) is 9.60. The predicted molar refractivity (Wildman–Crippen MR) is 235 cm³/mol. The van der Waals surface area contributed by atoms with Crippen LogP contribution in [0.3, 0.4) is 0 Å². The van der Waals surface area contributed by atoms with Crippen LogP contribution in [0.2, 0.25) is 0 Å². The smallest absolute Gasteiger partial charge is 0.161 e. The molecule has 0 amide bonds. The van der Waals surface area contributed by atoms with Crippen LogP contribution in [0.25, 0.3) is 109 Å². The number of rotatable bonds is 5. The van der Waals surface area contributed by atoms with Gasteiger partial charge in [0.25, 0.3) is 0 Å². The Balaban J connectivity index is 1.24. The minimum absolute atomic E-state index is 0.710. The molecule has 0 N–H and O–H groups in total. The quantitative estimate of drug-likeness (QED) is 0.131. The molecule has 0 spiro atoms. The van der Waals surface area contributed by atoms with Gasteiger partial charge >= 0.3 is 0 Å². The number of aromatic nitrogens is 2. The molecule has 2 nitrogen and oxygen atoms in total. The second kappa shape index (κ2) is 12.9. The number of hydrogen-bond donors (Lipinski definition) is 0. The summed E-state index contributed by atoms with van der Waals surface area (Å²) in [5, 5.41) is 9.63. The molecule has 0 unspecified atom stereocenters. The summed E-state index contributed by atoms with van der Waals surface area (Å²) in [6, 6.07) is 69.7. The van der Waals surface area contributed by atoms with E-state index in [9.17, 15) is 0 Å². The lowest BCUT2D eigenvalue weighted by atomic mass is 9.91. The fourth-order valence-electron chi connectivity index (χ4n) is 8.41. The topological polar surface area (TPSA) is 25.8 Å². The van der Waals surface area contributed by atoms with Crippen molar-refractivity contribution in [1.82, 2.24) is 9.97 Å². The SMILES string of the molecule is c1ccc(-c2ccccc2-c2cc(-c3ccccc3-c3cccc4sc5ccccc5c34)nc(-c3c4ccccc4cc4c3ccc3ccccc34)n2)cc1. The molecular weight excluding hydrogens is 685 g/mol. The largest absolute Gasteiger partial charge is 0.228 e. The summed E-state index contributed by atoms with van der Waals surface area (Å²) in [4.78, 5) is 11.1. The average Bonchev–Trinajstić information content (AvgIpc) is 3.65. The molecule has 0 fully saturated rings. The van der Waals surface area contributed by atoms with Crippen LogP contribution in [0, 0.1) is 0 Å². The molecule has 11 aromatic rings. The normalized spacial score (nSPS) is 11.6. The van der Waals surface area contributed by atoms with E-state index >= 15 is 0 Å². The number of nitrogens with zero attached hydrogens (tertiary/aromatic N) is 2. The van der Waals surface area contributed by atoms with E-state index in [1.807, 2.05) is 11.3 Å². The van der Waals surface area contributed by atoms with Gasteiger partial charge in [-0.3, -0.25) is 0 Å². The molecule has 2 aromatic heterocycles. The first-order chi connectivity index (χ1) is 27.3. The Morgan fingerprint density at radius 2 is 0.909 bits per heavy atom. The van der Waals surface area contributed by atoms with Gasteiger partial charge < -0.3 is 0 Å². The van der Waals surface area contributed by atoms with E-state index in [2.05, 4.69) is 194 Å².